The normalized spacial score (nSPS) is 20.1. The Morgan fingerprint density at radius 1 is 1.36 bits per heavy atom. The van der Waals surface area contributed by atoms with E-state index in [2.05, 4.69) is 10.1 Å². The lowest BCUT2D eigenvalue weighted by atomic mass is 9.92. The molecule has 3 amide bonds. The Morgan fingerprint density at radius 2 is 2.08 bits per heavy atom. The number of amides is 3. The van der Waals surface area contributed by atoms with Crippen LogP contribution >= 0.6 is 0 Å². The first-order chi connectivity index (χ1) is 11.8. The minimum Gasteiger partial charge on any atom is -0.466 e. The third kappa shape index (κ3) is 2.59. The third-order valence-electron chi connectivity index (χ3n) is 4.30. The minimum absolute atomic E-state index is 0.0351. The molecular weight excluding hydrogens is 328 g/mol. The van der Waals surface area contributed by atoms with Crippen LogP contribution in [0.2, 0.25) is 0 Å². The van der Waals surface area contributed by atoms with Gasteiger partial charge in [0.05, 0.1) is 19.9 Å². The Balaban J connectivity index is 1.91. The van der Waals surface area contributed by atoms with Crippen molar-refractivity contribution >= 4 is 17.9 Å². The zero-order valence-electron chi connectivity index (χ0n) is 14.3. The van der Waals surface area contributed by atoms with Gasteiger partial charge in [0.1, 0.15) is 17.1 Å². The first-order valence-corrected chi connectivity index (χ1v) is 7.64. The summed E-state index contributed by atoms with van der Waals surface area (Å²) in [6.45, 7) is 5.03. The highest BCUT2D eigenvalue weighted by Crippen LogP contribution is 2.33. The fourth-order valence-electron chi connectivity index (χ4n) is 3.05. The molecule has 25 heavy (non-hydrogen) atoms. The highest BCUT2D eigenvalue weighted by atomic mass is 16.5. The maximum absolute atomic E-state index is 12.9. The number of rotatable bonds is 4. The first-order valence-electron chi connectivity index (χ1n) is 7.64. The Kier molecular flexibility index (Phi) is 3.90. The molecule has 1 atom stereocenters. The van der Waals surface area contributed by atoms with Gasteiger partial charge in [0.2, 0.25) is 5.76 Å². The molecule has 0 saturated carbocycles. The van der Waals surface area contributed by atoms with Gasteiger partial charge in [-0.25, -0.2) is 9.59 Å². The van der Waals surface area contributed by atoms with E-state index in [1.807, 2.05) is 0 Å². The average Bonchev–Trinajstić information content (AvgIpc) is 3.21. The molecule has 0 radical (unpaired) electrons. The molecule has 1 aliphatic heterocycles. The summed E-state index contributed by atoms with van der Waals surface area (Å²) in [5.74, 6) is 0.0765. The van der Waals surface area contributed by atoms with E-state index in [9.17, 15) is 14.4 Å². The van der Waals surface area contributed by atoms with Gasteiger partial charge in [-0.15, -0.1) is 0 Å². The van der Waals surface area contributed by atoms with E-state index < -0.39 is 23.4 Å². The summed E-state index contributed by atoms with van der Waals surface area (Å²) in [6.07, 6.45) is 1.31. The smallest absolute Gasteiger partial charge is 0.374 e. The summed E-state index contributed by atoms with van der Waals surface area (Å²) >= 11 is 0. The van der Waals surface area contributed by atoms with Gasteiger partial charge in [-0.2, -0.15) is 0 Å². The van der Waals surface area contributed by atoms with Gasteiger partial charge >= 0.3 is 12.0 Å². The van der Waals surface area contributed by atoms with E-state index in [1.165, 1.54) is 19.4 Å². The molecule has 1 saturated heterocycles. The number of aryl methyl sites for hydroxylation is 2. The molecule has 1 aliphatic rings. The fourth-order valence-corrected chi connectivity index (χ4v) is 3.05. The Bertz CT molecular complexity index is 864. The zero-order valence-corrected chi connectivity index (χ0v) is 14.3. The topological polar surface area (TPSA) is 102 Å². The number of nitrogens with zero attached hydrogens (tertiary/aromatic N) is 1. The van der Waals surface area contributed by atoms with Gasteiger partial charge in [-0.05, 0) is 32.9 Å². The highest BCUT2D eigenvalue weighted by Gasteiger charge is 2.50. The average molecular weight is 346 g/mol. The van der Waals surface area contributed by atoms with Gasteiger partial charge in [0.25, 0.3) is 5.91 Å². The van der Waals surface area contributed by atoms with Crippen molar-refractivity contribution in [3.8, 4) is 0 Å². The highest BCUT2D eigenvalue weighted by molar-refractivity contribution is 6.07. The molecule has 0 aliphatic carbocycles. The Morgan fingerprint density at radius 3 is 2.68 bits per heavy atom. The molecule has 2 aromatic heterocycles. The van der Waals surface area contributed by atoms with Crippen LogP contribution in [0.25, 0.3) is 0 Å². The second-order valence-corrected chi connectivity index (χ2v) is 6.04. The molecule has 8 nitrogen and oxygen atoms in total. The number of furan rings is 2. The summed E-state index contributed by atoms with van der Waals surface area (Å²) in [5, 5.41) is 2.71. The van der Waals surface area contributed by atoms with E-state index in [-0.39, 0.29) is 12.3 Å². The van der Waals surface area contributed by atoms with Crippen LogP contribution in [0.5, 0.6) is 0 Å². The molecule has 0 spiro atoms. The van der Waals surface area contributed by atoms with Crippen LogP contribution in [0.1, 0.15) is 40.1 Å². The molecule has 0 bridgehead atoms. The van der Waals surface area contributed by atoms with Crippen LogP contribution in [0.4, 0.5) is 4.79 Å². The number of carbonyl (C=O) groups excluding carboxylic acids is 3. The summed E-state index contributed by atoms with van der Waals surface area (Å²) in [4.78, 5) is 38.1. The SMILES string of the molecule is COC(=O)c1occc1CN1C(=O)NC(C)(c2cc(C)oc2C)C1=O. The number of urea groups is 1. The monoisotopic (exact) mass is 346 g/mol. The van der Waals surface area contributed by atoms with E-state index in [4.69, 9.17) is 8.83 Å². The third-order valence-corrected chi connectivity index (χ3v) is 4.30. The van der Waals surface area contributed by atoms with Gasteiger partial charge in [0.15, 0.2) is 0 Å². The van der Waals surface area contributed by atoms with Gasteiger partial charge in [0, 0.05) is 11.1 Å². The van der Waals surface area contributed by atoms with Crippen molar-refractivity contribution < 1.29 is 28.0 Å². The second kappa shape index (κ2) is 5.80. The van der Waals surface area contributed by atoms with Crippen LogP contribution < -0.4 is 5.32 Å². The molecule has 0 aromatic carbocycles. The molecule has 8 heteroatoms. The maximum Gasteiger partial charge on any atom is 0.374 e. The molecular formula is C17H18N2O6. The van der Waals surface area contributed by atoms with Crippen LogP contribution in [0.3, 0.4) is 0 Å². The lowest BCUT2D eigenvalue weighted by molar-refractivity contribution is -0.131. The predicted molar refractivity (Wildman–Crippen MR) is 84.7 cm³/mol. The van der Waals surface area contributed by atoms with Crippen molar-refractivity contribution in [2.24, 2.45) is 0 Å². The van der Waals surface area contributed by atoms with Crippen LogP contribution in [0.15, 0.2) is 27.2 Å². The first kappa shape index (κ1) is 16.8. The van der Waals surface area contributed by atoms with Crippen molar-refractivity contribution in [1.29, 1.82) is 0 Å². The van der Waals surface area contributed by atoms with Crippen molar-refractivity contribution in [2.45, 2.75) is 32.9 Å². The second-order valence-electron chi connectivity index (χ2n) is 6.04. The van der Waals surface area contributed by atoms with Crippen LogP contribution in [0, 0.1) is 13.8 Å². The molecule has 1 fully saturated rings. The summed E-state index contributed by atoms with van der Waals surface area (Å²) in [6, 6.07) is 2.70. The number of nitrogens with one attached hydrogen (secondary N) is 1. The van der Waals surface area contributed by atoms with Crippen molar-refractivity contribution in [3.05, 3.63) is 46.8 Å². The Labute approximate surface area is 143 Å². The number of hydrogen-bond donors (Lipinski definition) is 1. The number of hydrogen-bond acceptors (Lipinski definition) is 6. The summed E-state index contributed by atoms with van der Waals surface area (Å²) in [5.41, 5.74) is -0.236. The van der Waals surface area contributed by atoms with Crippen molar-refractivity contribution in [1.82, 2.24) is 10.2 Å². The predicted octanol–water partition coefficient (Wildman–Crippen LogP) is 2.24. The van der Waals surface area contributed by atoms with Crippen LogP contribution in [-0.4, -0.2) is 29.9 Å². The molecule has 3 rings (SSSR count). The molecule has 2 aromatic rings. The summed E-state index contributed by atoms with van der Waals surface area (Å²) < 4.78 is 15.2. The molecule has 3 heterocycles. The lowest BCUT2D eigenvalue weighted by Crippen LogP contribution is -2.41. The van der Waals surface area contributed by atoms with Gasteiger partial charge in [-0.3, -0.25) is 9.69 Å². The minimum atomic E-state index is -1.23. The standard InChI is InChI=1S/C17H18N2O6/c1-9-7-12(10(2)25-9)17(3)15(21)19(16(22)18-17)8-11-5-6-24-13(11)14(20)23-4/h5-7H,8H2,1-4H3,(H,18,22). The number of esters is 1. The number of ether oxygens (including phenoxy) is 1. The van der Waals surface area contributed by atoms with Gasteiger partial charge < -0.3 is 18.9 Å². The van der Waals surface area contributed by atoms with Crippen molar-refractivity contribution in [3.63, 3.8) is 0 Å². The summed E-state index contributed by atoms with van der Waals surface area (Å²) in [7, 11) is 1.23. The van der Waals surface area contributed by atoms with Gasteiger partial charge in [-0.1, -0.05) is 0 Å². The molecule has 132 valence electrons. The quantitative estimate of drug-likeness (QED) is 0.673. The number of carbonyl (C=O) groups is 3. The van der Waals surface area contributed by atoms with E-state index in [1.54, 1.807) is 26.8 Å². The van der Waals surface area contributed by atoms with E-state index in [0.717, 1.165) is 4.90 Å². The number of imide groups is 1. The molecule has 1 unspecified atom stereocenters. The fraction of sp³-hybridized carbons (Fsp3) is 0.353. The molecule has 1 N–H and O–H groups in total. The largest absolute Gasteiger partial charge is 0.466 e. The van der Waals surface area contributed by atoms with Crippen LogP contribution in [-0.2, 0) is 21.6 Å². The van der Waals surface area contributed by atoms with E-state index in [0.29, 0.717) is 22.6 Å². The zero-order chi connectivity index (χ0) is 18.4. The maximum atomic E-state index is 12.9. The number of methoxy groups -OCH3 is 1. The van der Waals surface area contributed by atoms with E-state index >= 15 is 0 Å². The van der Waals surface area contributed by atoms with Crippen molar-refractivity contribution in [2.75, 3.05) is 7.11 Å². The lowest BCUT2D eigenvalue weighted by Gasteiger charge is -2.21. The Hall–Kier alpha value is -3.03.